The summed E-state index contributed by atoms with van der Waals surface area (Å²) in [7, 11) is 3.23. The first kappa shape index (κ1) is 19.5. The number of aromatic amines is 1. The number of carbonyl (C=O) groups excluding carboxylic acids is 2. The number of esters is 1. The first-order chi connectivity index (χ1) is 11.8. The monoisotopic (exact) mass is 383 g/mol. The molecule has 0 saturated carbocycles. The van der Waals surface area contributed by atoms with Gasteiger partial charge in [-0.25, -0.2) is 4.79 Å². The number of benzene rings is 1. The zero-order valence-corrected chi connectivity index (χ0v) is 16.1. The number of quaternary nitrogens is 1. The highest BCUT2D eigenvalue weighted by molar-refractivity contribution is 6.42. The highest BCUT2D eigenvalue weighted by Gasteiger charge is 2.24. The van der Waals surface area contributed by atoms with Crippen molar-refractivity contribution >= 4 is 35.0 Å². The molecule has 2 aromatic rings. The number of hydrogen-bond acceptors (Lipinski definition) is 3. The van der Waals surface area contributed by atoms with E-state index in [9.17, 15) is 9.59 Å². The molecule has 0 radical (unpaired) electrons. The van der Waals surface area contributed by atoms with Crippen LogP contribution in [-0.4, -0.2) is 37.4 Å². The van der Waals surface area contributed by atoms with Crippen LogP contribution in [-0.2, 0) is 11.3 Å². The Balaban J connectivity index is 2.14. The molecule has 2 rings (SSSR count). The lowest BCUT2D eigenvalue weighted by molar-refractivity contribution is -0.884. The minimum absolute atomic E-state index is 0.0774. The Bertz CT molecular complexity index is 815. The van der Waals surface area contributed by atoms with E-state index >= 15 is 0 Å². The van der Waals surface area contributed by atoms with Crippen LogP contribution in [0, 0.1) is 13.8 Å². The van der Waals surface area contributed by atoms with Crippen molar-refractivity contribution in [3.63, 3.8) is 0 Å². The molecule has 0 fully saturated rings. The molecule has 0 bridgehead atoms. The maximum Gasteiger partial charge on any atom is 0.339 e. The van der Waals surface area contributed by atoms with Gasteiger partial charge in [0.05, 0.1) is 35.5 Å². The summed E-state index contributed by atoms with van der Waals surface area (Å²) in [5, 5.41) is 1.01. The molecular formula is C18H21Cl2N2O3+. The average molecular weight is 384 g/mol. The summed E-state index contributed by atoms with van der Waals surface area (Å²) in [5.41, 5.74) is 2.98. The molecule has 0 aliphatic heterocycles. The van der Waals surface area contributed by atoms with E-state index in [1.54, 1.807) is 19.9 Å². The first-order valence-electron chi connectivity index (χ1n) is 7.81. The quantitative estimate of drug-likeness (QED) is 0.595. The molecule has 0 spiro atoms. The van der Waals surface area contributed by atoms with E-state index in [0.717, 1.165) is 10.5 Å². The molecule has 2 N–H and O–H groups in total. The molecule has 1 heterocycles. The number of hydrogen-bond donors (Lipinski definition) is 2. The van der Waals surface area contributed by atoms with E-state index in [1.807, 2.05) is 19.2 Å². The number of likely N-dealkylation sites (N-methyl/N-ethyl adjacent to an activating group) is 1. The zero-order chi connectivity index (χ0) is 18.7. The van der Waals surface area contributed by atoms with Crippen molar-refractivity contribution in [2.45, 2.75) is 20.4 Å². The van der Waals surface area contributed by atoms with Gasteiger partial charge in [0.15, 0.2) is 0 Å². The van der Waals surface area contributed by atoms with Crippen LogP contribution >= 0.6 is 23.2 Å². The van der Waals surface area contributed by atoms with Gasteiger partial charge in [-0.05, 0) is 25.5 Å². The second-order valence-corrected chi connectivity index (χ2v) is 6.85. The second-order valence-electron chi connectivity index (χ2n) is 6.06. The zero-order valence-electron chi connectivity index (χ0n) is 14.6. The maximum atomic E-state index is 12.6. The highest BCUT2D eigenvalue weighted by Crippen LogP contribution is 2.24. The molecule has 134 valence electrons. The predicted octanol–water partition coefficient (Wildman–Crippen LogP) is 2.62. The fourth-order valence-electron chi connectivity index (χ4n) is 2.87. The first-order valence-corrected chi connectivity index (χ1v) is 8.56. The summed E-state index contributed by atoms with van der Waals surface area (Å²) in [4.78, 5) is 28.4. The lowest BCUT2D eigenvalue weighted by Crippen LogP contribution is -3.08. The van der Waals surface area contributed by atoms with Crippen LogP contribution in [0.4, 0.5) is 0 Å². The molecule has 1 aromatic heterocycles. The minimum atomic E-state index is -0.447. The Morgan fingerprint density at radius 1 is 1.24 bits per heavy atom. The van der Waals surface area contributed by atoms with Crippen molar-refractivity contribution < 1.29 is 19.2 Å². The number of halogens is 2. The molecule has 0 amide bonds. The van der Waals surface area contributed by atoms with E-state index in [0.29, 0.717) is 39.1 Å². The third-order valence-corrected chi connectivity index (χ3v) is 4.95. The Hall–Kier alpha value is -1.82. The van der Waals surface area contributed by atoms with Gasteiger partial charge in [0.1, 0.15) is 13.1 Å². The van der Waals surface area contributed by atoms with Crippen LogP contribution < -0.4 is 4.90 Å². The van der Waals surface area contributed by atoms with Crippen LogP contribution in [0.5, 0.6) is 0 Å². The average Bonchev–Trinajstić information content (AvgIpc) is 2.86. The van der Waals surface area contributed by atoms with E-state index in [-0.39, 0.29) is 12.3 Å². The fourth-order valence-corrected chi connectivity index (χ4v) is 3.26. The van der Waals surface area contributed by atoms with Gasteiger partial charge in [0.25, 0.3) is 0 Å². The number of aryl methyl sites for hydroxylation is 1. The molecule has 25 heavy (non-hydrogen) atoms. The number of aromatic nitrogens is 1. The number of H-pyrrole nitrogens is 1. The van der Waals surface area contributed by atoms with Gasteiger partial charge in [-0.2, -0.15) is 0 Å². The number of Topliss-reactive ketones (excluding diaryl/α,β-unsaturated/α-hetero) is 1. The number of methoxy groups -OCH3 is 1. The lowest BCUT2D eigenvalue weighted by Gasteiger charge is -2.14. The Morgan fingerprint density at radius 2 is 1.92 bits per heavy atom. The molecule has 7 heteroatoms. The smallest absolute Gasteiger partial charge is 0.339 e. The standard InChI is InChI=1S/C18H20Cl2N2O3/c1-10-15(18(24)25-4)11(2)21-17(10)14(23)9-22(3)8-12-6-5-7-13(19)16(12)20/h5-7,21H,8-9H2,1-4H3/p+1. The van der Waals surface area contributed by atoms with Gasteiger partial charge < -0.3 is 14.6 Å². The number of carbonyl (C=O) groups is 2. The van der Waals surface area contributed by atoms with Crippen molar-refractivity contribution in [2.24, 2.45) is 0 Å². The second kappa shape index (κ2) is 8.04. The van der Waals surface area contributed by atoms with Crippen LogP contribution in [0.15, 0.2) is 18.2 Å². The topological polar surface area (TPSA) is 63.6 Å². The van der Waals surface area contributed by atoms with E-state index in [1.165, 1.54) is 7.11 Å². The van der Waals surface area contributed by atoms with E-state index in [2.05, 4.69) is 4.98 Å². The van der Waals surface area contributed by atoms with Gasteiger partial charge in [0.2, 0.25) is 5.78 Å². The van der Waals surface area contributed by atoms with Gasteiger partial charge in [-0.3, -0.25) is 4.79 Å². The van der Waals surface area contributed by atoms with Crippen LogP contribution in [0.3, 0.4) is 0 Å². The molecule has 0 saturated heterocycles. The molecule has 1 aromatic carbocycles. The summed E-state index contributed by atoms with van der Waals surface area (Å²) < 4.78 is 4.77. The van der Waals surface area contributed by atoms with Gasteiger partial charge in [-0.15, -0.1) is 0 Å². The third kappa shape index (κ3) is 4.24. The van der Waals surface area contributed by atoms with Crippen molar-refractivity contribution in [3.05, 3.63) is 56.3 Å². The van der Waals surface area contributed by atoms with Crippen LogP contribution in [0.1, 0.15) is 37.7 Å². The third-order valence-electron chi connectivity index (χ3n) is 4.09. The predicted molar refractivity (Wildman–Crippen MR) is 97.9 cm³/mol. The summed E-state index contributed by atoms with van der Waals surface area (Å²) in [6, 6.07) is 5.45. The fraction of sp³-hybridized carbons (Fsp3) is 0.333. The van der Waals surface area contributed by atoms with Crippen molar-refractivity contribution in [1.29, 1.82) is 0 Å². The normalized spacial score (nSPS) is 12.1. The Labute approximate surface area is 156 Å². The van der Waals surface area contributed by atoms with E-state index < -0.39 is 5.97 Å². The maximum absolute atomic E-state index is 12.6. The summed E-state index contributed by atoms with van der Waals surface area (Å²) >= 11 is 12.2. The number of rotatable bonds is 6. The number of ether oxygens (including phenoxy) is 1. The molecule has 1 atom stereocenters. The molecule has 0 aliphatic carbocycles. The Kier molecular flexibility index (Phi) is 6.27. The number of nitrogens with one attached hydrogen (secondary N) is 2. The van der Waals surface area contributed by atoms with Crippen LogP contribution in [0.2, 0.25) is 10.0 Å². The molecular weight excluding hydrogens is 363 g/mol. The summed E-state index contributed by atoms with van der Waals surface area (Å²) in [5.74, 6) is -0.525. The lowest BCUT2D eigenvalue weighted by atomic mass is 10.1. The number of ketones is 1. The van der Waals surface area contributed by atoms with Crippen molar-refractivity contribution in [1.82, 2.24) is 4.98 Å². The van der Waals surface area contributed by atoms with Crippen molar-refractivity contribution in [2.75, 3.05) is 20.7 Å². The van der Waals surface area contributed by atoms with Gasteiger partial charge in [0, 0.05) is 11.3 Å². The SMILES string of the molecule is COC(=O)c1c(C)[nH]c(C(=O)C[NH+](C)Cc2cccc(Cl)c2Cl)c1C. The minimum Gasteiger partial charge on any atom is -0.465 e. The molecule has 0 aliphatic rings. The Morgan fingerprint density at radius 3 is 2.56 bits per heavy atom. The largest absolute Gasteiger partial charge is 0.465 e. The summed E-state index contributed by atoms with van der Waals surface area (Å²) in [6.45, 7) is 4.31. The van der Waals surface area contributed by atoms with Gasteiger partial charge in [-0.1, -0.05) is 35.3 Å². The summed E-state index contributed by atoms with van der Waals surface area (Å²) in [6.07, 6.45) is 0. The van der Waals surface area contributed by atoms with Gasteiger partial charge >= 0.3 is 5.97 Å². The van der Waals surface area contributed by atoms with Crippen LogP contribution in [0.25, 0.3) is 0 Å². The van der Waals surface area contributed by atoms with E-state index in [4.69, 9.17) is 27.9 Å². The highest BCUT2D eigenvalue weighted by atomic mass is 35.5. The van der Waals surface area contributed by atoms with Crippen molar-refractivity contribution in [3.8, 4) is 0 Å². The molecule has 1 unspecified atom stereocenters. The molecule has 5 nitrogen and oxygen atoms in total.